The topological polar surface area (TPSA) is 49.4 Å². The molecule has 0 unspecified atom stereocenters. The maximum absolute atomic E-state index is 13.0. The lowest BCUT2D eigenvalue weighted by atomic mass is 10.1. The van der Waals surface area contributed by atoms with Gasteiger partial charge in [-0.3, -0.25) is 9.69 Å². The lowest BCUT2D eigenvalue weighted by Crippen LogP contribution is -2.40. The summed E-state index contributed by atoms with van der Waals surface area (Å²) in [6.07, 6.45) is 0. The maximum Gasteiger partial charge on any atom is 0.325 e. The fraction of sp³-hybridized carbons (Fsp3) is 0.333. The summed E-state index contributed by atoms with van der Waals surface area (Å²) in [5.74, 6) is -0.680. The van der Waals surface area contributed by atoms with E-state index in [2.05, 4.69) is 5.32 Å². The summed E-state index contributed by atoms with van der Waals surface area (Å²) in [7, 11) is 0. The number of halogens is 1. The van der Waals surface area contributed by atoms with Crippen molar-refractivity contribution in [3.63, 3.8) is 0 Å². The minimum Gasteiger partial charge on any atom is -0.324 e. The SMILES string of the molecule is CC1(C)NC(=O)N(Cc2cccc(F)c2)C1=O. The molecule has 4 nitrogen and oxygen atoms in total. The number of carbonyl (C=O) groups is 2. The van der Waals surface area contributed by atoms with Gasteiger partial charge in [-0.25, -0.2) is 9.18 Å². The van der Waals surface area contributed by atoms with Crippen molar-refractivity contribution in [2.24, 2.45) is 0 Å². The molecule has 0 aromatic heterocycles. The number of nitrogens with one attached hydrogen (secondary N) is 1. The minimum atomic E-state index is -0.885. The Morgan fingerprint density at radius 3 is 2.59 bits per heavy atom. The van der Waals surface area contributed by atoms with E-state index in [1.165, 1.54) is 12.1 Å². The Labute approximate surface area is 98.4 Å². The predicted molar refractivity (Wildman–Crippen MR) is 59.6 cm³/mol. The summed E-state index contributed by atoms with van der Waals surface area (Å²) in [5, 5.41) is 2.57. The molecule has 0 radical (unpaired) electrons. The van der Waals surface area contributed by atoms with E-state index in [0.717, 1.165) is 4.90 Å². The van der Waals surface area contributed by atoms with Crippen molar-refractivity contribution < 1.29 is 14.0 Å². The predicted octanol–water partition coefficient (Wildman–Crippen LogP) is 1.66. The third-order valence-electron chi connectivity index (χ3n) is 2.67. The molecule has 90 valence electrons. The fourth-order valence-electron chi connectivity index (χ4n) is 1.78. The van der Waals surface area contributed by atoms with Crippen LogP contribution in [0.15, 0.2) is 24.3 Å². The van der Waals surface area contributed by atoms with Crippen molar-refractivity contribution in [3.05, 3.63) is 35.6 Å². The van der Waals surface area contributed by atoms with E-state index in [4.69, 9.17) is 0 Å². The van der Waals surface area contributed by atoms with E-state index in [0.29, 0.717) is 5.56 Å². The summed E-state index contributed by atoms with van der Waals surface area (Å²) in [6.45, 7) is 3.36. The van der Waals surface area contributed by atoms with Crippen LogP contribution in [0.1, 0.15) is 19.4 Å². The van der Waals surface area contributed by atoms with Crippen LogP contribution in [0.5, 0.6) is 0 Å². The zero-order chi connectivity index (χ0) is 12.6. The van der Waals surface area contributed by atoms with Crippen molar-refractivity contribution in [2.45, 2.75) is 25.9 Å². The maximum atomic E-state index is 13.0. The third-order valence-corrected chi connectivity index (χ3v) is 2.67. The van der Waals surface area contributed by atoms with Crippen molar-refractivity contribution >= 4 is 11.9 Å². The van der Waals surface area contributed by atoms with Gasteiger partial charge in [0.1, 0.15) is 11.4 Å². The Hall–Kier alpha value is -1.91. The van der Waals surface area contributed by atoms with Crippen LogP contribution in [0, 0.1) is 5.82 Å². The zero-order valence-corrected chi connectivity index (χ0v) is 9.66. The summed E-state index contributed by atoms with van der Waals surface area (Å²) < 4.78 is 13.0. The molecule has 0 atom stereocenters. The number of nitrogens with zero attached hydrogens (tertiary/aromatic N) is 1. The highest BCUT2D eigenvalue weighted by Gasteiger charge is 2.43. The molecule has 2 rings (SSSR count). The monoisotopic (exact) mass is 236 g/mol. The van der Waals surface area contributed by atoms with Gasteiger partial charge in [0.15, 0.2) is 0 Å². The van der Waals surface area contributed by atoms with Crippen LogP contribution >= 0.6 is 0 Å². The average Bonchev–Trinajstić information content (AvgIpc) is 2.41. The van der Waals surface area contributed by atoms with E-state index >= 15 is 0 Å². The number of imide groups is 1. The Morgan fingerprint density at radius 2 is 2.06 bits per heavy atom. The number of rotatable bonds is 2. The molecule has 1 saturated heterocycles. The number of benzene rings is 1. The third kappa shape index (κ3) is 2.13. The van der Waals surface area contributed by atoms with Crippen LogP contribution in [-0.2, 0) is 11.3 Å². The summed E-state index contributed by atoms with van der Waals surface area (Å²) in [6, 6.07) is 5.42. The molecule has 1 aliphatic rings. The number of urea groups is 1. The second-order valence-electron chi connectivity index (χ2n) is 4.58. The molecule has 17 heavy (non-hydrogen) atoms. The van der Waals surface area contributed by atoms with Gasteiger partial charge in [0, 0.05) is 0 Å². The Morgan fingerprint density at radius 1 is 1.35 bits per heavy atom. The molecule has 5 heteroatoms. The fourth-order valence-corrected chi connectivity index (χ4v) is 1.78. The van der Waals surface area contributed by atoms with E-state index in [9.17, 15) is 14.0 Å². The minimum absolute atomic E-state index is 0.0891. The normalized spacial score (nSPS) is 18.4. The van der Waals surface area contributed by atoms with Gasteiger partial charge in [-0.05, 0) is 31.5 Å². The lowest BCUT2D eigenvalue weighted by molar-refractivity contribution is -0.130. The first-order valence-corrected chi connectivity index (χ1v) is 5.29. The first-order valence-electron chi connectivity index (χ1n) is 5.29. The first kappa shape index (κ1) is 11.6. The molecule has 1 aliphatic heterocycles. The van der Waals surface area contributed by atoms with Gasteiger partial charge in [-0.2, -0.15) is 0 Å². The quantitative estimate of drug-likeness (QED) is 0.794. The van der Waals surface area contributed by atoms with Crippen LogP contribution < -0.4 is 5.32 Å². The number of amides is 3. The van der Waals surface area contributed by atoms with E-state index in [-0.39, 0.29) is 18.3 Å². The molecule has 0 saturated carbocycles. The molecule has 0 spiro atoms. The smallest absolute Gasteiger partial charge is 0.324 e. The molecule has 0 aliphatic carbocycles. The van der Waals surface area contributed by atoms with Gasteiger partial charge in [0.25, 0.3) is 5.91 Å². The summed E-state index contributed by atoms with van der Waals surface area (Å²) in [5.41, 5.74) is -0.295. The molecular formula is C12H13FN2O2. The van der Waals surface area contributed by atoms with Crippen LogP contribution in [0.4, 0.5) is 9.18 Å². The van der Waals surface area contributed by atoms with Crippen LogP contribution in [-0.4, -0.2) is 22.4 Å². The molecular weight excluding hydrogens is 223 g/mol. The lowest BCUT2D eigenvalue weighted by Gasteiger charge is -2.15. The van der Waals surface area contributed by atoms with Gasteiger partial charge < -0.3 is 5.32 Å². The van der Waals surface area contributed by atoms with Crippen molar-refractivity contribution in [1.82, 2.24) is 10.2 Å². The molecule has 1 aromatic carbocycles. The Balaban J connectivity index is 2.20. The molecule has 0 bridgehead atoms. The van der Waals surface area contributed by atoms with Crippen LogP contribution in [0.3, 0.4) is 0 Å². The van der Waals surface area contributed by atoms with Gasteiger partial charge in [0.05, 0.1) is 6.54 Å². The molecule has 1 aromatic rings. The second-order valence-corrected chi connectivity index (χ2v) is 4.58. The van der Waals surface area contributed by atoms with Crippen LogP contribution in [0.2, 0.25) is 0 Å². The number of carbonyl (C=O) groups excluding carboxylic acids is 2. The molecule has 1 fully saturated rings. The Kier molecular flexibility index (Phi) is 2.61. The van der Waals surface area contributed by atoms with E-state index < -0.39 is 11.6 Å². The summed E-state index contributed by atoms with van der Waals surface area (Å²) in [4.78, 5) is 24.6. The van der Waals surface area contributed by atoms with Gasteiger partial charge in [-0.1, -0.05) is 12.1 Å². The molecule has 1 heterocycles. The van der Waals surface area contributed by atoms with Crippen LogP contribution in [0.25, 0.3) is 0 Å². The highest BCUT2D eigenvalue weighted by atomic mass is 19.1. The van der Waals surface area contributed by atoms with Gasteiger partial charge in [0.2, 0.25) is 0 Å². The standard InChI is InChI=1S/C12H13FN2O2/c1-12(2)10(16)15(11(17)14-12)7-8-4-3-5-9(13)6-8/h3-6H,7H2,1-2H3,(H,14,17). The van der Waals surface area contributed by atoms with Crippen molar-refractivity contribution in [2.75, 3.05) is 0 Å². The largest absolute Gasteiger partial charge is 0.325 e. The van der Waals surface area contributed by atoms with E-state index in [1.54, 1.807) is 26.0 Å². The van der Waals surface area contributed by atoms with E-state index in [1.807, 2.05) is 0 Å². The average molecular weight is 236 g/mol. The van der Waals surface area contributed by atoms with Gasteiger partial charge in [-0.15, -0.1) is 0 Å². The number of hydrogen-bond donors (Lipinski definition) is 1. The molecule has 3 amide bonds. The first-order chi connectivity index (χ1) is 7.90. The van der Waals surface area contributed by atoms with Gasteiger partial charge >= 0.3 is 6.03 Å². The van der Waals surface area contributed by atoms with Crippen molar-refractivity contribution in [1.29, 1.82) is 0 Å². The molecule has 1 N–H and O–H groups in total. The highest BCUT2D eigenvalue weighted by molar-refractivity contribution is 6.06. The highest BCUT2D eigenvalue weighted by Crippen LogP contribution is 2.19. The van der Waals surface area contributed by atoms with Crippen molar-refractivity contribution in [3.8, 4) is 0 Å². The zero-order valence-electron chi connectivity index (χ0n) is 9.66. The number of hydrogen-bond acceptors (Lipinski definition) is 2. The second kappa shape index (κ2) is 3.84. The summed E-state index contributed by atoms with van der Waals surface area (Å²) >= 11 is 0. The Bertz CT molecular complexity index is 485.